The third-order valence-electron chi connectivity index (χ3n) is 9.03. The number of carbonyl (C=O) groups excluding carboxylic acids is 1. The molecular weight excluding hydrogens is 516 g/mol. The third-order valence-corrected chi connectivity index (χ3v) is 9.03. The Morgan fingerprint density at radius 1 is 0.683 bits per heavy atom. The Morgan fingerprint density at radius 2 is 1.10 bits per heavy atom. The number of esters is 1. The summed E-state index contributed by atoms with van der Waals surface area (Å²) >= 11 is 0. The molecule has 6 heteroatoms. The maximum absolute atomic E-state index is 11.6. The summed E-state index contributed by atoms with van der Waals surface area (Å²) in [6.07, 6.45) is 26.7. The van der Waals surface area contributed by atoms with E-state index in [1.807, 2.05) is 13.0 Å². The fourth-order valence-electron chi connectivity index (χ4n) is 6.40. The van der Waals surface area contributed by atoms with Gasteiger partial charge in [-0.15, -0.1) is 0 Å². The Balaban J connectivity index is 1.37. The van der Waals surface area contributed by atoms with Crippen LogP contribution in [0.5, 0.6) is 0 Å². The first kappa shape index (κ1) is 36.2. The van der Waals surface area contributed by atoms with Crippen molar-refractivity contribution in [2.24, 2.45) is 0 Å². The predicted octanol–water partition coefficient (Wildman–Crippen LogP) is 8.09. The molecule has 0 bridgehead atoms. The summed E-state index contributed by atoms with van der Waals surface area (Å²) in [5, 5.41) is 31.4. The quantitative estimate of drug-likeness (QED) is 0.0707. The average Bonchev–Trinajstić information content (AvgIpc) is 3.57. The molecule has 0 unspecified atom stereocenters. The molecule has 0 aromatic rings. The smallest absolute Gasteiger partial charge is 0.334 e. The van der Waals surface area contributed by atoms with E-state index in [1.54, 1.807) is 0 Å². The molecule has 2 heterocycles. The van der Waals surface area contributed by atoms with E-state index in [2.05, 4.69) is 6.92 Å². The first-order valence-corrected chi connectivity index (χ1v) is 17.5. The van der Waals surface area contributed by atoms with Gasteiger partial charge >= 0.3 is 5.97 Å². The Morgan fingerprint density at radius 3 is 1.51 bits per heavy atom. The molecule has 41 heavy (non-hydrogen) atoms. The van der Waals surface area contributed by atoms with Crippen molar-refractivity contribution in [3.63, 3.8) is 0 Å². The molecule has 0 aliphatic carbocycles. The fourth-order valence-corrected chi connectivity index (χ4v) is 6.40. The number of ether oxygens (including phenoxy) is 2. The molecule has 3 N–H and O–H groups in total. The van der Waals surface area contributed by atoms with Crippen LogP contribution < -0.4 is 0 Å². The zero-order valence-corrected chi connectivity index (χ0v) is 26.6. The van der Waals surface area contributed by atoms with Crippen LogP contribution in [0.3, 0.4) is 0 Å². The SMILES string of the molecule is CCCCCCCCCCCC[C@H](O)[C@H]1CC[C@@H]([C@@H](O)CCCCCCCCCC[C@@H](O)CC2=C[C@H](C)OC2=O)O1. The van der Waals surface area contributed by atoms with Gasteiger partial charge in [-0.25, -0.2) is 4.79 Å². The number of unbranched alkanes of at least 4 members (excludes halogenated alkanes) is 16. The highest BCUT2D eigenvalue weighted by Crippen LogP contribution is 2.28. The van der Waals surface area contributed by atoms with Crippen LogP contribution in [0.4, 0.5) is 0 Å². The highest BCUT2D eigenvalue weighted by Gasteiger charge is 2.34. The summed E-state index contributed by atoms with van der Waals surface area (Å²) in [6, 6.07) is 0. The molecule has 0 amide bonds. The number of hydrogen-bond acceptors (Lipinski definition) is 6. The van der Waals surface area contributed by atoms with Gasteiger partial charge in [-0.05, 0) is 45.1 Å². The van der Waals surface area contributed by atoms with Crippen LogP contribution in [-0.4, -0.2) is 57.9 Å². The fraction of sp³-hybridized carbons (Fsp3) is 0.914. The van der Waals surface area contributed by atoms with E-state index in [-0.39, 0.29) is 24.3 Å². The Bertz CT molecular complexity index is 694. The molecule has 0 saturated carbocycles. The molecule has 2 rings (SSSR count). The van der Waals surface area contributed by atoms with Crippen molar-refractivity contribution in [3.8, 4) is 0 Å². The maximum atomic E-state index is 11.6. The monoisotopic (exact) mass is 580 g/mol. The summed E-state index contributed by atoms with van der Waals surface area (Å²) in [4.78, 5) is 11.6. The van der Waals surface area contributed by atoms with Gasteiger partial charge in [0, 0.05) is 12.0 Å². The van der Waals surface area contributed by atoms with Gasteiger partial charge in [0.15, 0.2) is 0 Å². The molecule has 0 aromatic carbocycles. The molecule has 2 aliphatic heterocycles. The van der Waals surface area contributed by atoms with E-state index in [9.17, 15) is 20.1 Å². The lowest BCUT2D eigenvalue weighted by Crippen LogP contribution is -2.31. The predicted molar refractivity (Wildman–Crippen MR) is 167 cm³/mol. The highest BCUT2D eigenvalue weighted by atomic mass is 16.5. The van der Waals surface area contributed by atoms with Gasteiger partial charge < -0.3 is 24.8 Å². The molecule has 0 radical (unpaired) electrons. The second kappa shape index (κ2) is 22.6. The number of rotatable bonds is 26. The van der Waals surface area contributed by atoms with Crippen molar-refractivity contribution < 1.29 is 29.6 Å². The molecular formula is C35H64O6. The minimum atomic E-state index is -0.461. The number of hydrogen-bond donors (Lipinski definition) is 3. The van der Waals surface area contributed by atoms with Crippen LogP contribution in [0.2, 0.25) is 0 Å². The molecule has 1 fully saturated rings. The normalized spacial score (nSPS) is 23.0. The van der Waals surface area contributed by atoms with Crippen LogP contribution in [0.1, 0.15) is 168 Å². The third kappa shape index (κ3) is 16.5. The number of carbonyl (C=O) groups is 1. The lowest BCUT2D eigenvalue weighted by Gasteiger charge is -2.22. The molecule has 6 atom stereocenters. The zero-order valence-electron chi connectivity index (χ0n) is 26.6. The molecule has 240 valence electrons. The first-order valence-electron chi connectivity index (χ1n) is 17.5. The summed E-state index contributed by atoms with van der Waals surface area (Å²) in [5.41, 5.74) is 0.617. The van der Waals surface area contributed by atoms with Crippen LogP contribution >= 0.6 is 0 Å². The van der Waals surface area contributed by atoms with Gasteiger partial charge in [0.1, 0.15) is 6.10 Å². The molecule has 6 nitrogen and oxygen atoms in total. The molecule has 0 aromatic heterocycles. The molecule has 2 aliphatic rings. The van der Waals surface area contributed by atoms with Crippen LogP contribution in [0.25, 0.3) is 0 Å². The summed E-state index contributed by atoms with van der Waals surface area (Å²) in [7, 11) is 0. The van der Waals surface area contributed by atoms with Crippen LogP contribution in [0.15, 0.2) is 11.6 Å². The molecule has 0 spiro atoms. The summed E-state index contributed by atoms with van der Waals surface area (Å²) in [6.45, 7) is 4.10. The summed E-state index contributed by atoms with van der Waals surface area (Å²) < 4.78 is 11.2. The van der Waals surface area contributed by atoms with Crippen LogP contribution in [0, 0.1) is 0 Å². The second-order valence-corrected chi connectivity index (χ2v) is 13.0. The van der Waals surface area contributed by atoms with E-state index >= 15 is 0 Å². The zero-order chi connectivity index (χ0) is 29.7. The van der Waals surface area contributed by atoms with Crippen molar-refractivity contribution in [3.05, 3.63) is 11.6 Å². The van der Waals surface area contributed by atoms with E-state index in [1.165, 1.54) is 83.5 Å². The first-order chi connectivity index (χ1) is 19.9. The number of cyclic esters (lactones) is 1. The second-order valence-electron chi connectivity index (χ2n) is 13.0. The Hall–Kier alpha value is -0.950. The van der Waals surface area contributed by atoms with E-state index in [4.69, 9.17) is 9.47 Å². The number of aliphatic hydroxyl groups is 3. The van der Waals surface area contributed by atoms with Crippen molar-refractivity contribution in [2.75, 3.05) is 0 Å². The van der Waals surface area contributed by atoms with Gasteiger partial charge in [0.05, 0.1) is 30.5 Å². The summed E-state index contributed by atoms with van der Waals surface area (Å²) in [5.74, 6) is -0.280. The topological polar surface area (TPSA) is 96.2 Å². The van der Waals surface area contributed by atoms with Gasteiger partial charge in [0.2, 0.25) is 0 Å². The average molecular weight is 581 g/mol. The standard InChI is InChI=1S/C35H64O6/c1-3-4-5-6-7-8-9-13-16-19-22-31(37)33-24-25-34(41-33)32(38)23-20-17-14-11-10-12-15-18-21-30(36)27-29-26-28(2)40-35(29)39/h26,28,30-34,36-38H,3-25,27H2,1-2H3/t28-,30+,31-,32-,33+,34-/m0/s1. The van der Waals surface area contributed by atoms with Gasteiger partial charge in [-0.2, -0.15) is 0 Å². The Kier molecular flexibility index (Phi) is 20.0. The van der Waals surface area contributed by atoms with E-state index in [0.29, 0.717) is 12.0 Å². The van der Waals surface area contributed by atoms with Crippen molar-refractivity contribution in [1.29, 1.82) is 0 Å². The van der Waals surface area contributed by atoms with Crippen LogP contribution in [-0.2, 0) is 14.3 Å². The van der Waals surface area contributed by atoms with Gasteiger partial charge in [-0.1, -0.05) is 122 Å². The van der Waals surface area contributed by atoms with Crippen molar-refractivity contribution in [2.45, 2.75) is 205 Å². The largest absolute Gasteiger partial charge is 0.455 e. The van der Waals surface area contributed by atoms with E-state index in [0.717, 1.165) is 64.2 Å². The lowest BCUT2D eigenvalue weighted by atomic mass is 9.99. The minimum Gasteiger partial charge on any atom is -0.455 e. The van der Waals surface area contributed by atoms with E-state index < -0.39 is 18.3 Å². The van der Waals surface area contributed by atoms with Gasteiger partial charge in [-0.3, -0.25) is 0 Å². The minimum absolute atomic E-state index is 0.102. The maximum Gasteiger partial charge on any atom is 0.334 e. The Labute approximate surface area is 251 Å². The van der Waals surface area contributed by atoms with Crippen molar-refractivity contribution in [1.82, 2.24) is 0 Å². The molecule has 1 saturated heterocycles. The van der Waals surface area contributed by atoms with Gasteiger partial charge in [0.25, 0.3) is 0 Å². The lowest BCUT2D eigenvalue weighted by molar-refractivity contribution is -0.139. The number of aliphatic hydroxyl groups excluding tert-OH is 3. The highest BCUT2D eigenvalue weighted by molar-refractivity contribution is 5.90. The van der Waals surface area contributed by atoms with Crippen molar-refractivity contribution >= 4 is 5.97 Å².